The molecule has 0 unspecified atom stereocenters. The maximum atomic E-state index is 13.0. The number of aromatic nitrogens is 2. The van der Waals surface area contributed by atoms with Gasteiger partial charge in [-0.25, -0.2) is 0 Å². The fourth-order valence-corrected chi connectivity index (χ4v) is 3.86. The lowest BCUT2D eigenvalue weighted by molar-refractivity contribution is -0.152. The van der Waals surface area contributed by atoms with Crippen LogP contribution in [-0.2, 0) is 21.6 Å². The summed E-state index contributed by atoms with van der Waals surface area (Å²) in [5.74, 6) is 0.613. The summed E-state index contributed by atoms with van der Waals surface area (Å²) in [6.45, 7) is 1.99. The van der Waals surface area contributed by atoms with Crippen LogP contribution in [0.3, 0.4) is 0 Å². The predicted octanol–water partition coefficient (Wildman–Crippen LogP) is 4.60. The van der Waals surface area contributed by atoms with E-state index in [1.165, 1.54) is 0 Å². The van der Waals surface area contributed by atoms with Crippen molar-refractivity contribution in [1.82, 2.24) is 10.1 Å². The second-order valence-electron chi connectivity index (χ2n) is 7.06. The van der Waals surface area contributed by atoms with Crippen LogP contribution in [0.15, 0.2) is 59.1 Å². The Morgan fingerprint density at radius 1 is 1.07 bits per heavy atom. The topological polar surface area (TPSA) is 65.2 Å². The molecule has 0 saturated heterocycles. The van der Waals surface area contributed by atoms with E-state index in [9.17, 15) is 4.79 Å². The van der Waals surface area contributed by atoms with Crippen LogP contribution < -0.4 is 0 Å². The quantitative estimate of drug-likeness (QED) is 0.621. The van der Waals surface area contributed by atoms with E-state index < -0.39 is 5.41 Å². The first-order chi connectivity index (χ1) is 13.2. The van der Waals surface area contributed by atoms with Gasteiger partial charge in [0.15, 0.2) is 6.61 Å². The third-order valence-corrected chi connectivity index (χ3v) is 5.36. The molecule has 1 aromatic heterocycles. The highest BCUT2D eigenvalue weighted by atomic mass is 16.6. The molecule has 0 spiro atoms. The maximum absolute atomic E-state index is 13.0. The van der Waals surface area contributed by atoms with Gasteiger partial charge >= 0.3 is 5.97 Å². The SMILES string of the molecule is Cc1ccccc1-c1noc(COC(=O)C2(c3ccccc3)CCCC2)n1. The smallest absolute Gasteiger partial charge is 0.317 e. The number of ether oxygens (including phenoxy) is 1. The van der Waals surface area contributed by atoms with Crippen molar-refractivity contribution in [3.63, 3.8) is 0 Å². The van der Waals surface area contributed by atoms with Crippen molar-refractivity contribution in [1.29, 1.82) is 0 Å². The van der Waals surface area contributed by atoms with Gasteiger partial charge in [0.25, 0.3) is 5.89 Å². The fraction of sp³-hybridized carbons (Fsp3) is 0.318. The zero-order valence-corrected chi connectivity index (χ0v) is 15.4. The zero-order chi connectivity index (χ0) is 18.7. The Bertz CT molecular complexity index is 927. The molecule has 1 aliphatic rings. The Hall–Kier alpha value is -2.95. The Labute approximate surface area is 158 Å². The van der Waals surface area contributed by atoms with E-state index in [1.807, 2.05) is 61.5 Å². The number of esters is 1. The Kier molecular flexibility index (Phi) is 4.75. The highest BCUT2D eigenvalue weighted by molar-refractivity contribution is 5.83. The molecule has 4 rings (SSSR count). The molecule has 2 aromatic carbocycles. The molecule has 5 heteroatoms. The molecule has 1 heterocycles. The third kappa shape index (κ3) is 3.37. The van der Waals surface area contributed by atoms with Crippen molar-refractivity contribution in [3.8, 4) is 11.4 Å². The fourth-order valence-electron chi connectivity index (χ4n) is 3.86. The van der Waals surface area contributed by atoms with Crippen LogP contribution >= 0.6 is 0 Å². The highest BCUT2D eigenvalue weighted by Crippen LogP contribution is 2.42. The van der Waals surface area contributed by atoms with Gasteiger partial charge in [-0.2, -0.15) is 4.98 Å². The molecule has 138 valence electrons. The number of hydrogen-bond donors (Lipinski definition) is 0. The van der Waals surface area contributed by atoms with Crippen LogP contribution in [0.5, 0.6) is 0 Å². The van der Waals surface area contributed by atoms with E-state index in [0.717, 1.165) is 42.4 Å². The first kappa shape index (κ1) is 17.5. The highest BCUT2D eigenvalue weighted by Gasteiger charge is 2.44. The minimum Gasteiger partial charge on any atom is -0.455 e. The normalized spacial score (nSPS) is 15.6. The average Bonchev–Trinajstić information content (AvgIpc) is 3.38. The molecular formula is C22H22N2O3. The molecule has 0 bridgehead atoms. The first-order valence-corrected chi connectivity index (χ1v) is 9.30. The van der Waals surface area contributed by atoms with Crippen molar-refractivity contribution in [2.45, 2.75) is 44.6 Å². The lowest BCUT2D eigenvalue weighted by Crippen LogP contribution is -2.34. The van der Waals surface area contributed by atoms with Gasteiger partial charge in [0.2, 0.25) is 5.82 Å². The van der Waals surface area contributed by atoms with Gasteiger partial charge in [-0.3, -0.25) is 4.79 Å². The molecule has 0 aliphatic heterocycles. The molecule has 5 nitrogen and oxygen atoms in total. The lowest BCUT2D eigenvalue weighted by atomic mass is 9.79. The average molecular weight is 362 g/mol. The van der Waals surface area contributed by atoms with Crippen LogP contribution in [-0.4, -0.2) is 16.1 Å². The van der Waals surface area contributed by atoms with E-state index in [2.05, 4.69) is 10.1 Å². The number of nitrogens with zero attached hydrogens (tertiary/aromatic N) is 2. The van der Waals surface area contributed by atoms with Gasteiger partial charge in [-0.05, 0) is 30.9 Å². The van der Waals surface area contributed by atoms with Crippen LogP contribution in [0.4, 0.5) is 0 Å². The molecule has 0 atom stereocenters. The Morgan fingerprint density at radius 2 is 1.78 bits per heavy atom. The van der Waals surface area contributed by atoms with Crippen molar-refractivity contribution >= 4 is 5.97 Å². The van der Waals surface area contributed by atoms with E-state index >= 15 is 0 Å². The number of aryl methyl sites for hydroxylation is 1. The minimum absolute atomic E-state index is 0.00764. The summed E-state index contributed by atoms with van der Waals surface area (Å²) in [5, 5.41) is 4.02. The van der Waals surface area contributed by atoms with Crippen molar-refractivity contribution in [2.75, 3.05) is 0 Å². The van der Waals surface area contributed by atoms with Crippen molar-refractivity contribution in [3.05, 3.63) is 71.6 Å². The maximum Gasteiger partial charge on any atom is 0.317 e. The second kappa shape index (κ2) is 7.35. The summed E-state index contributed by atoms with van der Waals surface area (Å²) in [6, 6.07) is 17.8. The molecule has 27 heavy (non-hydrogen) atoms. The molecule has 0 radical (unpaired) electrons. The van der Waals surface area contributed by atoms with Crippen molar-refractivity contribution < 1.29 is 14.1 Å². The summed E-state index contributed by atoms with van der Waals surface area (Å²) in [4.78, 5) is 17.3. The number of carbonyl (C=O) groups excluding carboxylic acids is 1. The van der Waals surface area contributed by atoms with Gasteiger partial charge in [0, 0.05) is 5.56 Å². The molecule has 0 amide bonds. The summed E-state index contributed by atoms with van der Waals surface area (Å²) < 4.78 is 10.9. The van der Waals surface area contributed by atoms with E-state index in [1.54, 1.807) is 0 Å². The summed E-state index contributed by atoms with van der Waals surface area (Å²) in [6.07, 6.45) is 3.69. The lowest BCUT2D eigenvalue weighted by Gasteiger charge is -2.26. The third-order valence-electron chi connectivity index (χ3n) is 5.36. The van der Waals surface area contributed by atoms with Gasteiger partial charge < -0.3 is 9.26 Å². The Morgan fingerprint density at radius 3 is 2.52 bits per heavy atom. The van der Waals surface area contributed by atoms with E-state index in [4.69, 9.17) is 9.26 Å². The zero-order valence-electron chi connectivity index (χ0n) is 15.4. The summed E-state index contributed by atoms with van der Waals surface area (Å²) in [7, 11) is 0. The molecule has 3 aromatic rings. The van der Waals surface area contributed by atoms with Crippen LogP contribution in [0.25, 0.3) is 11.4 Å². The molecule has 1 saturated carbocycles. The number of carbonyl (C=O) groups is 1. The summed E-state index contributed by atoms with van der Waals surface area (Å²) >= 11 is 0. The minimum atomic E-state index is -0.555. The predicted molar refractivity (Wildman–Crippen MR) is 101 cm³/mol. The van der Waals surface area contributed by atoms with Gasteiger partial charge in [-0.15, -0.1) is 0 Å². The van der Waals surface area contributed by atoms with E-state index in [-0.39, 0.29) is 12.6 Å². The van der Waals surface area contributed by atoms with Gasteiger partial charge in [0.05, 0.1) is 5.41 Å². The van der Waals surface area contributed by atoms with Crippen LogP contribution in [0.1, 0.15) is 42.7 Å². The molecule has 1 fully saturated rings. The number of benzene rings is 2. The van der Waals surface area contributed by atoms with Crippen molar-refractivity contribution in [2.24, 2.45) is 0 Å². The van der Waals surface area contributed by atoms with Gasteiger partial charge in [0.1, 0.15) is 0 Å². The first-order valence-electron chi connectivity index (χ1n) is 9.30. The molecule has 0 N–H and O–H groups in total. The van der Waals surface area contributed by atoms with Gasteiger partial charge in [-0.1, -0.05) is 72.6 Å². The molecule has 1 aliphatic carbocycles. The van der Waals surface area contributed by atoms with E-state index in [0.29, 0.717) is 11.7 Å². The second-order valence-corrected chi connectivity index (χ2v) is 7.06. The van der Waals surface area contributed by atoms with Crippen LogP contribution in [0.2, 0.25) is 0 Å². The number of hydrogen-bond acceptors (Lipinski definition) is 5. The summed E-state index contributed by atoms with van der Waals surface area (Å²) in [5.41, 5.74) is 2.45. The Balaban J connectivity index is 1.49. The standard InChI is InChI=1S/C22H22N2O3/c1-16-9-5-6-12-18(16)20-23-19(27-24-20)15-26-21(25)22(13-7-8-14-22)17-10-3-2-4-11-17/h2-6,9-12H,7-8,13-15H2,1H3. The monoisotopic (exact) mass is 362 g/mol. The molecular weight excluding hydrogens is 340 g/mol. The number of rotatable bonds is 5. The largest absolute Gasteiger partial charge is 0.455 e. The van der Waals surface area contributed by atoms with Crippen LogP contribution in [0, 0.1) is 6.92 Å².